The van der Waals surface area contributed by atoms with Crippen molar-refractivity contribution in [2.75, 3.05) is 11.9 Å². The zero-order chi connectivity index (χ0) is 13.6. The van der Waals surface area contributed by atoms with Crippen molar-refractivity contribution in [3.8, 4) is 0 Å². The lowest BCUT2D eigenvalue weighted by Crippen LogP contribution is -2.48. The third kappa shape index (κ3) is 4.13. The number of amides is 1. The van der Waals surface area contributed by atoms with Crippen LogP contribution in [0.5, 0.6) is 0 Å². The Kier molecular flexibility index (Phi) is 5.31. The van der Waals surface area contributed by atoms with Crippen LogP contribution in [0.1, 0.15) is 32.3 Å². The Labute approximate surface area is 108 Å². The number of aliphatic hydroxyl groups excluding tert-OH is 1. The minimum atomic E-state index is -0.835. The van der Waals surface area contributed by atoms with Gasteiger partial charge >= 0.3 is 0 Å². The van der Waals surface area contributed by atoms with Gasteiger partial charge in [0.15, 0.2) is 0 Å². The van der Waals surface area contributed by atoms with Crippen LogP contribution in [-0.2, 0) is 11.2 Å². The number of carbonyl (C=O) groups excluding carboxylic acids is 1. The summed E-state index contributed by atoms with van der Waals surface area (Å²) in [7, 11) is 0. The summed E-state index contributed by atoms with van der Waals surface area (Å²) in [5.41, 5.74) is 6.89. The molecule has 1 unspecified atom stereocenters. The molecule has 1 atom stereocenters. The van der Waals surface area contributed by atoms with E-state index in [1.807, 2.05) is 31.2 Å². The van der Waals surface area contributed by atoms with Crippen molar-refractivity contribution in [3.63, 3.8) is 0 Å². The van der Waals surface area contributed by atoms with E-state index in [-0.39, 0.29) is 12.5 Å². The number of hydrogen-bond acceptors (Lipinski definition) is 3. The zero-order valence-electron chi connectivity index (χ0n) is 11.1. The monoisotopic (exact) mass is 250 g/mol. The number of carbonyl (C=O) groups is 1. The van der Waals surface area contributed by atoms with Gasteiger partial charge in [-0.25, -0.2) is 0 Å². The fraction of sp³-hybridized carbons (Fsp3) is 0.500. The average Bonchev–Trinajstić information content (AvgIpc) is 2.32. The summed E-state index contributed by atoms with van der Waals surface area (Å²) in [5, 5.41) is 11.6. The Hall–Kier alpha value is -1.39. The summed E-state index contributed by atoms with van der Waals surface area (Å²) in [4.78, 5) is 12.0. The Morgan fingerprint density at radius 2 is 2.00 bits per heavy atom. The molecule has 1 aromatic carbocycles. The van der Waals surface area contributed by atoms with E-state index in [1.165, 1.54) is 0 Å². The lowest BCUT2D eigenvalue weighted by Gasteiger charge is -2.22. The number of aliphatic hydroxyl groups is 1. The second-order valence-electron chi connectivity index (χ2n) is 4.79. The highest BCUT2D eigenvalue weighted by Crippen LogP contribution is 2.14. The molecule has 0 aliphatic carbocycles. The van der Waals surface area contributed by atoms with Crippen LogP contribution in [-0.4, -0.2) is 23.2 Å². The van der Waals surface area contributed by atoms with E-state index in [0.717, 1.165) is 17.7 Å². The van der Waals surface area contributed by atoms with E-state index in [2.05, 4.69) is 5.32 Å². The number of rotatable bonds is 6. The minimum Gasteiger partial charge on any atom is -0.396 e. The second-order valence-corrected chi connectivity index (χ2v) is 4.79. The molecule has 0 aromatic heterocycles. The number of hydrogen-bond donors (Lipinski definition) is 3. The molecule has 0 bridgehead atoms. The van der Waals surface area contributed by atoms with E-state index < -0.39 is 5.54 Å². The van der Waals surface area contributed by atoms with Crippen LogP contribution in [0.25, 0.3) is 0 Å². The molecular formula is C14H22N2O2. The van der Waals surface area contributed by atoms with Gasteiger partial charge in [-0.05, 0) is 37.5 Å². The van der Waals surface area contributed by atoms with E-state index in [9.17, 15) is 4.79 Å². The summed E-state index contributed by atoms with van der Waals surface area (Å²) < 4.78 is 0. The highest BCUT2D eigenvalue weighted by Gasteiger charge is 2.26. The van der Waals surface area contributed by atoms with Gasteiger partial charge in [0.05, 0.1) is 5.54 Å². The topological polar surface area (TPSA) is 75.4 Å². The Balaban J connectivity index is 2.64. The highest BCUT2D eigenvalue weighted by molar-refractivity contribution is 5.97. The van der Waals surface area contributed by atoms with Crippen molar-refractivity contribution >= 4 is 11.6 Å². The highest BCUT2D eigenvalue weighted by atomic mass is 16.2. The lowest BCUT2D eigenvalue weighted by molar-refractivity contribution is -0.120. The van der Waals surface area contributed by atoms with Crippen LogP contribution in [0.2, 0.25) is 0 Å². The first-order valence-electron chi connectivity index (χ1n) is 6.29. The van der Waals surface area contributed by atoms with Crippen molar-refractivity contribution in [1.29, 1.82) is 0 Å². The van der Waals surface area contributed by atoms with E-state index in [0.29, 0.717) is 12.8 Å². The first kappa shape index (κ1) is 14.7. The molecule has 0 saturated heterocycles. The summed E-state index contributed by atoms with van der Waals surface area (Å²) in [5.74, 6) is -0.167. The molecule has 100 valence electrons. The molecule has 1 amide bonds. The molecule has 0 radical (unpaired) electrons. The summed E-state index contributed by atoms with van der Waals surface area (Å²) in [6.45, 7) is 3.87. The normalized spacial score (nSPS) is 14.0. The first-order valence-corrected chi connectivity index (χ1v) is 6.29. The van der Waals surface area contributed by atoms with E-state index in [4.69, 9.17) is 10.8 Å². The number of nitrogens with one attached hydrogen (secondary N) is 1. The third-order valence-electron chi connectivity index (χ3n) is 2.90. The predicted molar refractivity (Wildman–Crippen MR) is 73.4 cm³/mol. The first-order chi connectivity index (χ1) is 8.49. The fourth-order valence-electron chi connectivity index (χ4n) is 1.79. The van der Waals surface area contributed by atoms with Gasteiger partial charge < -0.3 is 16.2 Å². The van der Waals surface area contributed by atoms with Crippen LogP contribution < -0.4 is 11.1 Å². The number of nitrogens with two attached hydrogens (primary N) is 1. The molecule has 0 spiro atoms. The smallest absolute Gasteiger partial charge is 0.244 e. The van der Waals surface area contributed by atoms with E-state index in [1.54, 1.807) is 6.92 Å². The van der Waals surface area contributed by atoms with Crippen molar-refractivity contribution in [2.24, 2.45) is 5.73 Å². The number of anilines is 1. The Morgan fingerprint density at radius 3 is 2.50 bits per heavy atom. The van der Waals surface area contributed by atoms with Gasteiger partial charge in [-0.3, -0.25) is 4.79 Å². The fourth-order valence-corrected chi connectivity index (χ4v) is 1.79. The predicted octanol–water partition coefficient (Wildman–Crippen LogP) is 1.68. The minimum absolute atomic E-state index is 0.128. The largest absolute Gasteiger partial charge is 0.396 e. The van der Waals surface area contributed by atoms with Gasteiger partial charge in [-0.2, -0.15) is 0 Å². The maximum Gasteiger partial charge on any atom is 0.244 e. The van der Waals surface area contributed by atoms with Gasteiger partial charge in [-0.15, -0.1) is 0 Å². The van der Waals surface area contributed by atoms with Crippen LogP contribution >= 0.6 is 0 Å². The Morgan fingerprint density at radius 1 is 1.39 bits per heavy atom. The molecule has 0 aliphatic heterocycles. The molecule has 1 rings (SSSR count). The maximum atomic E-state index is 12.0. The summed E-state index contributed by atoms with van der Waals surface area (Å²) >= 11 is 0. The van der Waals surface area contributed by atoms with Crippen molar-refractivity contribution in [1.82, 2.24) is 0 Å². The molecular weight excluding hydrogens is 228 g/mol. The van der Waals surface area contributed by atoms with E-state index >= 15 is 0 Å². The van der Waals surface area contributed by atoms with Gasteiger partial charge in [0.1, 0.15) is 0 Å². The standard InChI is InChI=1S/C14H22N2O2/c1-3-9-14(2,15)13(18)16-12-6-4-11(5-7-12)8-10-17/h4-7,17H,3,8-10,15H2,1-2H3,(H,16,18). The molecule has 0 heterocycles. The molecule has 0 aliphatic rings. The van der Waals surface area contributed by atoms with Crippen LogP contribution in [0.15, 0.2) is 24.3 Å². The molecule has 4 heteroatoms. The molecule has 18 heavy (non-hydrogen) atoms. The van der Waals surface area contributed by atoms with Crippen molar-refractivity contribution in [3.05, 3.63) is 29.8 Å². The van der Waals surface area contributed by atoms with Gasteiger partial charge in [0.2, 0.25) is 5.91 Å². The molecule has 4 N–H and O–H groups in total. The maximum absolute atomic E-state index is 12.0. The molecule has 0 fully saturated rings. The summed E-state index contributed by atoms with van der Waals surface area (Å²) in [6, 6.07) is 7.43. The SMILES string of the molecule is CCCC(C)(N)C(=O)Nc1ccc(CCO)cc1. The molecule has 0 saturated carbocycles. The summed E-state index contributed by atoms with van der Waals surface area (Å²) in [6.07, 6.45) is 2.15. The van der Waals surface area contributed by atoms with Crippen molar-refractivity contribution < 1.29 is 9.90 Å². The van der Waals surface area contributed by atoms with Gasteiger partial charge in [0.25, 0.3) is 0 Å². The zero-order valence-corrected chi connectivity index (χ0v) is 11.1. The van der Waals surface area contributed by atoms with Crippen LogP contribution in [0.3, 0.4) is 0 Å². The van der Waals surface area contributed by atoms with Gasteiger partial charge in [-0.1, -0.05) is 25.5 Å². The average molecular weight is 250 g/mol. The number of benzene rings is 1. The molecule has 4 nitrogen and oxygen atoms in total. The van der Waals surface area contributed by atoms with Crippen LogP contribution in [0, 0.1) is 0 Å². The molecule has 1 aromatic rings. The quantitative estimate of drug-likeness (QED) is 0.719. The van der Waals surface area contributed by atoms with Crippen LogP contribution in [0.4, 0.5) is 5.69 Å². The lowest BCUT2D eigenvalue weighted by atomic mass is 9.96. The van der Waals surface area contributed by atoms with Crippen molar-refractivity contribution in [2.45, 2.75) is 38.6 Å². The second kappa shape index (κ2) is 6.52. The Bertz CT molecular complexity index is 385. The third-order valence-corrected chi connectivity index (χ3v) is 2.90. The van der Waals surface area contributed by atoms with Gasteiger partial charge in [0, 0.05) is 12.3 Å².